The number of hydrogen-bond donors (Lipinski definition) is 2. The van der Waals surface area contributed by atoms with Crippen molar-refractivity contribution in [3.63, 3.8) is 0 Å². The van der Waals surface area contributed by atoms with Crippen LogP contribution in [0.1, 0.15) is 77.8 Å². The van der Waals surface area contributed by atoms with E-state index in [1.54, 1.807) is 24.3 Å². The van der Waals surface area contributed by atoms with Gasteiger partial charge in [-0.25, -0.2) is 0 Å². The molecule has 0 radical (unpaired) electrons. The predicted octanol–water partition coefficient (Wildman–Crippen LogP) is 9.65. The molecule has 0 aromatic heterocycles. The van der Waals surface area contributed by atoms with Crippen LogP contribution in [0.2, 0.25) is 20.1 Å². The van der Waals surface area contributed by atoms with E-state index in [4.69, 9.17) is 46.4 Å². The summed E-state index contributed by atoms with van der Waals surface area (Å²) in [7, 11) is 0. The molecule has 2 aromatic rings. The van der Waals surface area contributed by atoms with Crippen molar-refractivity contribution in [2.75, 3.05) is 0 Å². The van der Waals surface area contributed by atoms with Crippen molar-refractivity contribution in [2.24, 2.45) is 16.7 Å². The highest BCUT2D eigenvalue weighted by molar-refractivity contribution is 6.37. The van der Waals surface area contributed by atoms with Gasteiger partial charge >= 0.3 is 0 Å². The van der Waals surface area contributed by atoms with Gasteiger partial charge in [-0.1, -0.05) is 81.0 Å². The highest BCUT2D eigenvalue weighted by atomic mass is 35.5. The van der Waals surface area contributed by atoms with Crippen molar-refractivity contribution in [1.29, 1.82) is 0 Å². The Morgan fingerprint density at radius 1 is 0.750 bits per heavy atom. The average molecular weight is 518 g/mol. The summed E-state index contributed by atoms with van der Waals surface area (Å²) in [4.78, 5) is 0. The van der Waals surface area contributed by atoms with E-state index in [9.17, 15) is 10.2 Å². The Labute approximate surface area is 211 Å². The lowest BCUT2D eigenvalue weighted by atomic mass is 9.57. The molecule has 3 rings (SSSR count). The monoisotopic (exact) mass is 516 g/mol. The molecule has 0 spiro atoms. The Morgan fingerprint density at radius 3 is 1.41 bits per heavy atom. The Morgan fingerprint density at radius 2 is 1.09 bits per heavy atom. The number of phenols is 2. The first kappa shape index (κ1) is 25.8. The van der Waals surface area contributed by atoms with Gasteiger partial charge in [-0.15, -0.1) is 0 Å². The highest BCUT2D eigenvalue weighted by Crippen LogP contribution is 2.54. The minimum absolute atomic E-state index is 0.117. The molecule has 176 valence electrons. The van der Waals surface area contributed by atoms with Gasteiger partial charge in [0, 0.05) is 5.41 Å². The summed E-state index contributed by atoms with van der Waals surface area (Å²) >= 11 is 25.3. The van der Waals surface area contributed by atoms with Crippen LogP contribution in [0.4, 0.5) is 0 Å². The molecule has 32 heavy (non-hydrogen) atoms. The van der Waals surface area contributed by atoms with Crippen molar-refractivity contribution in [2.45, 2.75) is 72.1 Å². The fourth-order valence-corrected chi connectivity index (χ4v) is 6.81. The third-order valence-electron chi connectivity index (χ3n) is 7.07. The lowest BCUT2D eigenvalue weighted by Crippen LogP contribution is -2.38. The van der Waals surface area contributed by atoms with Crippen LogP contribution in [0, 0.1) is 16.7 Å². The van der Waals surface area contributed by atoms with Crippen molar-refractivity contribution in [1.82, 2.24) is 0 Å². The zero-order chi connectivity index (χ0) is 24.1. The maximum absolute atomic E-state index is 10.1. The van der Waals surface area contributed by atoms with E-state index in [2.05, 4.69) is 34.6 Å². The smallest absolute Gasteiger partial charge is 0.152 e. The zero-order valence-corrected chi connectivity index (χ0v) is 22.4. The highest BCUT2D eigenvalue weighted by Gasteiger charge is 2.44. The molecule has 6 heteroatoms. The summed E-state index contributed by atoms with van der Waals surface area (Å²) in [5.41, 5.74) is 1.90. The van der Waals surface area contributed by atoms with Gasteiger partial charge in [-0.05, 0) is 84.2 Å². The number of halogens is 4. The van der Waals surface area contributed by atoms with Gasteiger partial charge in [-0.3, -0.25) is 0 Å². The van der Waals surface area contributed by atoms with Crippen LogP contribution in [0.25, 0.3) is 0 Å². The maximum atomic E-state index is 10.1. The molecule has 0 atom stereocenters. The molecule has 0 amide bonds. The maximum Gasteiger partial charge on any atom is 0.152 e. The summed E-state index contributed by atoms with van der Waals surface area (Å²) in [6.07, 6.45) is 4.91. The molecule has 1 saturated carbocycles. The molecule has 0 aliphatic heterocycles. The van der Waals surface area contributed by atoms with Crippen molar-refractivity contribution >= 4 is 46.4 Å². The Balaban J connectivity index is 2.07. The van der Waals surface area contributed by atoms with E-state index < -0.39 is 5.41 Å². The van der Waals surface area contributed by atoms with Gasteiger partial charge in [0.15, 0.2) is 11.5 Å². The van der Waals surface area contributed by atoms with Crippen molar-refractivity contribution in [3.05, 3.63) is 55.5 Å². The molecule has 0 unspecified atom stereocenters. The SMILES string of the molecule is CC(C)(C)CC(C)(C)C1CCC(c2cc(Cl)c(O)c(Cl)c2)(c2cc(Cl)c(O)c(Cl)c2)CC1. The summed E-state index contributed by atoms with van der Waals surface area (Å²) in [5.74, 6) is 0.337. The normalized spacial score (nSPS) is 17.5. The number of rotatable bonds is 4. The minimum Gasteiger partial charge on any atom is -0.505 e. The minimum atomic E-state index is -0.420. The van der Waals surface area contributed by atoms with Crippen LogP contribution >= 0.6 is 46.4 Å². The van der Waals surface area contributed by atoms with E-state index in [0.29, 0.717) is 5.92 Å². The Hall–Kier alpha value is -0.800. The lowest BCUT2D eigenvalue weighted by molar-refractivity contribution is 0.0833. The quantitative estimate of drug-likeness (QED) is 0.423. The topological polar surface area (TPSA) is 40.5 Å². The number of hydrogen-bond acceptors (Lipinski definition) is 2. The summed E-state index contributed by atoms with van der Waals surface area (Å²) in [5, 5.41) is 21.1. The van der Waals surface area contributed by atoms with Crippen LogP contribution in [0.15, 0.2) is 24.3 Å². The first-order valence-electron chi connectivity index (χ1n) is 11.0. The first-order valence-corrected chi connectivity index (χ1v) is 12.5. The lowest BCUT2D eigenvalue weighted by Gasteiger charge is -2.47. The van der Waals surface area contributed by atoms with Gasteiger partial charge in [0.2, 0.25) is 0 Å². The molecular formula is C26H32Cl4O2. The van der Waals surface area contributed by atoms with E-state index in [1.165, 1.54) is 0 Å². The van der Waals surface area contributed by atoms with E-state index >= 15 is 0 Å². The number of phenolic OH excluding ortho intramolecular Hbond substituents is 2. The fourth-order valence-electron chi connectivity index (χ4n) is 5.83. The van der Waals surface area contributed by atoms with Crippen LogP contribution in [0.3, 0.4) is 0 Å². The second-order valence-electron chi connectivity index (χ2n) is 11.2. The van der Waals surface area contributed by atoms with Gasteiger partial charge in [0.1, 0.15) is 0 Å². The number of aromatic hydroxyl groups is 2. The van der Waals surface area contributed by atoms with Gasteiger partial charge < -0.3 is 10.2 Å². The third-order valence-corrected chi connectivity index (χ3v) is 8.22. The third kappa shape index (κ3) is 5.14. The summed E-state index contributed by atoms with van der Waals surface area (Å²) in [6, 6.07) is 7.16. The summed E-state index contributed by atoms with van der Waals surface area (Å²) in [6.45, 7) is 11.6. The molecule has 0 bridgehead atoms. The molecule has 0 saturated heterocycles. The number of benzene rings is 2. The fraction of sp³-hybridized carbons (Fsp3) is 0.538. The molecule has 2 aromatic carbocycles. The first-order chi connectivity index (χ1) is 14.7. The van der Waals surface area contributed by atoms with Crippen LogP contribution in [-0.2, 0) is 5.41 Å². The van der Waals surface area contributed by atoms with Gasteiger partial charge in [0.25, 0.3) is 0 Å². The molecule has 2 N–H and O–H groups in total. The second kappa shape index (κ2) is 9.10. The Kier molecular flexibility index (Phi) is 7.34. The molecule has 1 aliphatic carbocycles. The van der Waals surface area contributed by atoms with E-state index in [0.717, 1.165) is 43.2 Å². The van der Waals surface area contributed by atoms with Crippen molar-refractivity contribution < 1.29 is 10.2 Å². The van der Waals surface area contributed by atoms with Crippen molar-refractivity contribution in [3.8, 4) is 11.5 Å². The molecule has 0 heterocycles. The second-order valence-corrected chi connectivity index (χ2v) is 12.8. The molecule has 1 aliphatic rings. The molecular weight excluding hydrogens is 486 g/mol. The van der Waals surface area contributed by atoms with Crippen LogP contribution in [0.5, 0.6) is 11.5 Å². The van der Waals surface area contributed by atoms with Gasteiger partial charge in [0.05, 0.1) is 20.1 Å². The zero-order valence-electron chi connectivity index (χ0n) is 19.3. The van der Waals surface area contributed by atoms with Gasteiger partial charge in [-0.2, -0.15) is 0 Å². The predicted molar refractivity (Wildman–Crippen MR) is 137 cm³/mol. The average Bonchev–Trinajstić information content (AvgIpc) is 2.67. The largest absolute Gasteiger partial charge is 0.505 e. The molecule has 1 fully saturated rings. The van der Waals surface area contributed by atoms with Crippen LogP contribution < -0.4 is 0 Å². The van der Waals surface area contributed by atoms with E-state index in [-0.39, 0.29) is 42.4 Å². The van der Waals surface area contributed by atoms with E-state index in [1.807, 2.05) is 0 Å². The Bertz CT molecular complexity index is 894. The van der Waals surface area contributed by atoms with Crippen LogP contribution in [-0.4, -0.2) is 10.2 Å². The molecule has 2 nitrogen and oxygen atoms in total. The standard InChI is InChI=1S/C26H32Cl4O2/c1-24(2,3)14-25(4,5)15-6-8-26(9-7-15,16-10-18(27)22(31)19(28)11-16)17-12-20(29)23(32)21(30)13-17/h10-13,15,31-32H,6-9,14H2,1-5H3. The summed E-state index contributed by atoms with van der Waals surface area (Å²) < 4.78 is 0.